The largest absolute Gasteiger partial charge is 0.396 e. The van der Waals surface area contributed by atoms with Gasteiger partial charge in [0.2, 0.25) is 0 Å². The van der Waals surface area contributed by atoms with Crippen molar-refractivity contribution in [2.24, 2.45) is 5.92 Å². The van der Waals surface area contributed by atoms with Crippen LogP contribution in [-0.4, -0.2) is 25.6 Å². The Morgan fingerprint density at radius 1 is 1.37 bits per heavy atom. The molecule has 3 nitrogen and oxygen atoms in total. The fourth-order valence-corrected chi connectivity index (χ4v) is 2.96. The number of hydrogen-bond donors (Lipinski definition) is 1. The summed E-state index contributed by atoms with van der Waals surface area (Å²) in [6.45, 7) is 0.982. The normalized spacial score (nSPS) is 20.9. The van der Waals surface area contributed by atoms with Crippen LogP contribution in [-0.2, 0) is 13.0 Å². The van der Waals surface area contributed by atoms with Crippen LogP contribution in [0.5, 0.6) is 0 Å². The van der Waals surface area contributed by atoms with Crippen molar-refractivity contribution >= 4 is 34.2 Å². The molecule has 2 aromatic rings. The van der Waals surface area contributed by atoms with Crippen LogP contribution in [0.25, 0.3) is 11.0 Å². The standard InChI is InChI=1S/C14H16Cl2N2O/c15-14(16)8-10(14)9-18-12-5-2-1-4-11(12)17-13(18)6-3-7-19/h1-2,4-5,10,19H,3,6-9H2. The number of aromatic nitrogens is 2. The number of nitrogens with zero attached hydrogens (tertiary/aromatic N) is 2. The van der Waals surface area contributed by atoms with Crippen LogP contribution in [0, 0.1) is 5.92 Å². The van der Waals surface area contributed by atoms with Gasteiger partial charge in [-0.25, -0.2) is 4.98 Å². The lowest BCUT2D eigenvalue weighted by Gasteiger charge is -2.09. The number of aliphatic hydroxyl groups excluding tert-OH is 1. The highest BCUT2D eigenvalue weighted by Gasteiger charge is 2.51. The molecule has 1 aromatic heterocycles. The van der Waals surface area contributed by atoms with Crippen LogP contribution in [0.15, 0.2) is 24.3 Å². The number of halogens is 2. The van der Waals surface area contributed by atoms with Gasteiger partial charge in [-0.15, -0.1) is 23.2 Å². The van der Waals surface area contributed by atoms with Gasteiger partial charge in [0.15, 0.2) is 0 Å². The Morgan fingerprint density at radius 2 is 2.11 bits per heavy atom. The molecule has 1 N–H and O–H groups in total. The number of hydrogen-bond acceptors (Lipinski definition) is 2. The molecule has 1 aliphatic carbocycles. The highest BCUT2D eigenvalue weighted by molar-refractivity contribution is 6.50. The van der Waals surface area contributed by atoms with Gasteiger partial charge in [-0.2, -0.15) is 0 Å². The molecule has 1 heterocycles. The van der Waals surface area contributed by atoms with Crippen LogP contribution < -0.4 is 0 Å². The summed E-state index contributed by atoms with van der Waals surface area (Å²) >= 11 is 12.2. The Bertz CT molecular complexity index is 594. The third-order valence-electron chi connectivity index (χ3n) is 3.65. The molecule has 1 aliphatic rings. The minimum absolute atomic E-state index is 0.182. The maximum atomic E-state index is 8.99. The van der Waals surface area contributed by atoms with E-state index in [2.05, 4.69) is 15.6 Å². The second-order valence-electron chi connectivity index (χ2n) is 5.12. The first-order valence-electron chi connectivity index (χ1n) is 6.54. The number of alkyl halides is 2. The van der Waals surface area contributed by atoms with E-state index in [0.29, 0.717) is 5.92 Å². The smallest absolute Gasteiger partial charge is 0.123 e. The number of benzene rings is 1. The van der Waals surface area contributed by atoms with Crippen LogP contribution in [0.1, 0.15) is 18.7 Å². The molecule has 1 saturated carbocycles. The number of fused-ring (bicyclic) bond motifs is 1. The van der Waals surface area contributed by atoms with E-state index in [1.807, 2.05) is 18.2 Å². The molecule has 0 radical (unpaired) electrons. The summed E-state index contributed by atoms with van der Waals surface area (Å²) in [7, 11) is 0. The zero-order chi connectivity index (χ0) is 13.5. The number of aliphatic hydroxyl groups is 1. The first kappa shape index (κ1) is 13.2. The lowest BCUT2D eigenvalue weighted by molar-refractivity contribution is 0.287. The summed E-state index contributed by atoms with van der Waals surface area (Å²) in [5.74, 6) is 1.30. The molecule has 0 saturated heterocycles. The molecule has 19 heavy (non-hydrogen) atoms. The minimum Gasteiger partial charge on any atom is -0.396 e. The molecule has 0 bridgehead atoms. The summed E-state index contributed by atoms with van der Waals surface area (Å²) in [6, 6.07) is 8.07. The summed E-state index contributed by atoms with van der Waals surface area (Å²) in [6.07, 6.45) is 2.33. The van der Waals surface area contributed by atoms with Crippen molar-refractivity contribution < 1.29 is 5.11 Å². The van der Waals surface area contributed by atoms with Gasteiger partial charge in [0, 0.05) is 25.5 Å². The second-order valence-corrected chi connectivity index (χ2v) is 6.66. The van der Waals surface area contributed by atoms with Gasteiger partial charge in [-0.05, 0) is 25.0 Å². The first-order chi connectivity index (χ1) is 9.12. The number of imidazole rings is 1. The molecular weight excluding hydrogens is 283 g/mol. The summed E-state index contributed by atoms with van der Waals surface area (Å²) in [4.78, 5) is 4.64. The van der Waals surface area contributed by atoms with E-state index in [0.717, 1.165) is 42.7 Å². The van der Waals surface area contributed by atoms with Crippen molar-refractivity contribution in [3.05, 3.63) is 30.1 Å². The van der Waals surface area contributed by atoms with Crippen LogP contribution in [0.3, 0.4) is 0 Å². The molecule has 0 spiro atoms. The molecular formula is C14H16Cl2N2O. The van der Waals surface area contributed by atoms with Crippen LogP contribution >= 0.6 is 23.2 Å². The number of rotatable bonds is 5. The Morgan fingerprint density at radius 3 is 2.79 bits per heavy atom. The molecule has 5 heteroatoms. The van der Waals surface area contributed by atoms with Crippen molar-refractivity contribution in [1.29, 1.82) is 0 Å². The van der Waals surface area contributed by atoms with Gasteiger partial charge in [-0.3, -0.25) is 0 Å². The van der Waals surface area contributed by atoms with Gasteiger partial charge in [0.25, 0.3) is 0 Å². The third-order valence-corrected chi connectivity index (χ3v) is 4.58. The molecule has 1 atom stereocenters. The van der Waals surface area contributed by atoms with Gasteiger partial charge in [0.05, 0.1) is 11.0 Å². The maximum absolute atomic E-state index is 8.99. The van der Waals surface area contributed by atoms with Gasteiger partial charge >= 0.3 is 0 Å². The van der Waals surface area contributed by atoms with Crippen molar-refractivity contribution in [2.75, 3.05) is 6.61 Å². The van der Waals surface area contributed by atoms with Crippen molar-refractivity contribution in [3.63, 3.8) is 0 Å². The van der Waals surface area contributed by atoms with E-state index in [9.17, 15) is 0 Å². The Labute approximate surface area is 122 Å². The van der Waals surface area contributed by atoms with E-state index >= 15 is 0 Å². The van der Waals surface area contributed by atoms with E-state index in [-0.39, 0.29) is 6.61 Å². The Balaban J connectivity index is 1.94. The predicted octanol–water partition coefficient (Wildman–Crippen LogP) is 3.16. The highest BCUT2D eigenvalue weighted by atomic mass is 35.5. The van der Waals surface area contributed by atoms with E-state index in [4.69, 9.17) is 28.3 Å². The van der Waals surface area contributed by atoms with Crippen molar-refractivity contribution in [1.82, 2.24) is 9.55 Å². The van der Waals surface area contributed by atoms with Crippen LogP contribution in [0.2, 0.25) is 0 Å². The summed E-state index contributed by atoms with van der Waals surface area (Å²) in [5, 5.41) is 8.99. The van der Waals surface area contributed by atoms with E-state index in [1.165, 1.54) is 0 Å². The minimum atomic E-state index is -0.570. The Kier molecular flexibility index (Phi) is 3.46. The predicted molar refractivity (Wildman–Crippen MR) is 77.7 cm³/mol. The second kappa shape index (κ2) is 4.97. The van der Waals surface area contributed by atoms with Crippen molar-refractivity contribution in [2.45, 2.75) is 30.1 Å². The molecule has 1 unspecified atom stereocenters. The van der Waals surface area contributed by atoms with Gasteiger partial charge < -0.3 is 9.67 Å². The zero-order valence-corrected chi connectivity index (χ0v) is 12.0. The lowest BCUT2D eigenvalue weighted by atomic mass is 10.3. The summed E-state index contributed by atoms with van der Waals surface area (Å²) in [5.41, 5.74) is 2.11. The highest BCUT2D eigenvalue weighted by Crippen LogP contribution is 2.54. The van der Waals surface area contributed by atoms with Gasteiger partial charge in [-0.1, -0.05) is 12.1 Å². The van der Waals surface area contributed by atoms with Crippen LogP contribution in [0.4, 0.5) is 0 Å². The SMILES string of the molecule is OCCCc1nc2ccccc2n1CC1CC1(Cl)Cl. The zero-order valence-electron chi connectivity index (χ0n) is 10.5. The topological polar surface area (TPSA) is 38.1 Å². The lowest BCUT2D eigenvalue weighted by Crippen LogP contribution is -2.08. The first-order valence-corrected chi connectivity index (χ1v) is 7.30. The van der Waals surface area contributed by atoms with Crippen molar-refractivity contribution in [3.8, 4) is 0 Å². The average Bonchev–Trinajstić information content (AvgIpc) is 2.84. The molecule has 0 amide bonds. The molecule has 0 aliphatic heterocycles. The maximum Gasteiger partial charge on any atom is 0.123 e. The Hall–Kier alpha value is -0.770. The molecule has 1 aromatic carbocycles. The monoisotopic (exact) mass is 298 g/mol. The fourth-order valence-electron chi connectivity index (χ4n) is 2.45. The number of para-hydroxylation sites is 2. The molecule has 3 rings (SSSR count). The van der Waals surface area contributed by atoms with E-state index in [1.54, 1.807) is 0 Å². The molecule has 1 fully saturated rings. The average molecular weight is 299 g/mol. The van der Waals surface area contributed by atoms with Gasteiger partial charge in [0.1, 0.15) is 10.2 Å². The summed E-state index contributed by atoms with van der Waals surface area (Å²) < 4.78 is 1.63. The fraction of sp³-hybridized carbons (Fsp3) is 0.500. The quantitative estimate of drug-likeness (QED) is 0.861. The molecule has 102 valence electrons. The van der Waals surface area contributed by atoms with E-state index < -0.39 is 4.33 Å². The number of aryl methyl sites for hydroxylation is 1. The third kappa shape index (κ3) is 2.60.